The average molecular weight is 438 g/mol. The lowest BCUT2D eigenvalue weighted by atomic mass is 10.2. The summed E-state index contributed by atoms with van der Waals surface area (Å²) < 4.78 is 11.5. The van der Waals surface area contributed by atoms with Crippen molar-refractivity contribution in [2.45, 2.75) is 19.3 Å². The predicted octanol–water partition coefficient (Wildman–Crippen LogP) is 3.44. The van der Waals surface area contributed by atoms with Crippen molar-refractivity contribution in [3.05, 3.63) is 48.5 Å². The van der Waals surface area contributed by atoms with Gasteiger partial charge in [-0.3, -0.25) is 9.89 Å². The highest BCUT2D eigenvalue weighted by Crippen LogP contribution is 2.32. The molecule has 4 rings (SSSR count). The molecule has 172 valence electrons. The van der Waals surface area contributed by atoms with Gasteiger partial charge in [0, 0.05) is 63.6 Å². The number of nitrogens with one attached hydrogen (secondary N) is 2. The van der Waals surface area contributed by atoms with E-state index in [9.17, 15) is 0 Å². The molecule has 0 spiro atoms. The Morgan fingerprint density at radius 3 is 2.50 bits per heavy atom. The van der Waals surface area contributed by atoms with Crippen LogP contribution in [-0.2, 0) is 0 Å². The topological polar surface area (TPSA) is 61.4 Å². The molecule has 0 unspecified atom stereocenters. The van der Waals surface area contributed by atoms with Crippen molar-refractivity contribution in [3.8, 4) is 11.5 Å². The Labute approximate surface area is 191 Å². The third-order valence-corrected chi connectivity index (χ3v) is 5.92. The van der Waals surface area contributed by atoms with Crippen LogP contribution in [0.2, 0.25) is 0 Å². The molecule has 0 radical (unpaired) electrons. The molecule has 0 amide bonds. The van der Waals surface area contributed by atoms with Crippen LogP contribution in [0.3, 0.4) is 0 Å². The molecular weight excluding hydrogens is 402 g/mol. The predicted molar refractivity (Wildman–Crippen MR) is 131 cm³/mol. The van der Waals surface area contributed by atoms with E-state index in [2.05, 4.69) is 55.8 Å². The molecular formula is C25H35N5O2. The van der Waals surface area contributed by atoms with E-state index in [1.807, 2.05) is 18.2 Å². The third-order valence-electron chi connectivity index (χ3n) is 5.92. The standard InChI is InChI=1S/C25H35N5O2/c1-26-25(28-21-10-11-23-24(20-21)32-19-7-18-31-23)27-12-5-6-13-29-14-16-30(17-15-29)22-8-3-2-4-9-22/h2-4,8-11,20H,5-7,12-19H2,1H3,(H2,26,27,28). The summed E-state index contributed by atoms with van der Waals surface area (Å²) in [5.41, 5.74) is 2.28. The van der Waals surface area contributed by atoms with E-state index in [1.165, 1.54) is 12.1 Å². The molecule has 1 fully saturated rings. The van der Waals surface area contributed by atoms with Crippen molar-refractivity contribution in [2.75, 3.05) is 69.7 Å². The molecule has 1 saturated heterocycles. The van der Waals surface area contributed by atoms with Crippen molar-refractivity contribution < 1.29 is 9.47 Å². The molecule has 2 aliphatic heterocycles. The summed E-state index contributed by atoms with van der Waals surface area (Å²) in [5, 5.41) is 6.76. The van der Waals surface area contributed by atoms with E-state index < -0.39 is 0 Å². The lowest BCUT2D eigenvalue weighted by Crippen LogP contribution is -2.46. The van der Waals surface area contributed by atoms with Crippen LogP contribution in [0.15, 0.2) is 53.5 Å². The zero-order chi connectivity index (χ0) is 22.0. The molecule has 2 heterocycles. The largest absolute Gasteiger partial charge is 0.490 e. The van der Waals surface area contributed by atoms with Crippen LogP contribution in [0, 0.1) is 0 Å². The average Bonchev–Trinajstić information content (AvgIpc) is 3.09. The Morgan fingerprint density at radius 2 is 1.72 bits per heavy atom. The van der Waals surface area contributed by atoms with Gasteiger partial charge in [-0.15, -0.1) is 0 Å². The first-order chi connectivity index (χ1) is 15.8. The summed E-state index contributed by atoms with van der Waals surface area (Å²) >= 11 is 0. The van der Waals surface area contributed by atoms with Crippen LogP contribution in [0.4, 0.5) is 11.4 Å². The number of fused-ring (bicyclic) bond motifs is 1. The molecule has 2 aromatic rings. The molecule has 32 heavy (non-hydrogen) atoms. The molecule has 0 atom stereocenters. The number of hydrogen-bond acceptors (Lipinski definition) is 5. The van der Waals surface area contributed by atoms with Crippen LogP contribution < -0.4 is 25.0 Å². The molecule has 0 aliphatic carbocycles. The zero-order valence-corrected chi connectivity index (χ0v) is 19.1. The maximum absolute atomic E-state index is 5.77. The second-order valence-corrected chi connectivity index (χ2v) is 8.21. The number of benzene rings is 2. The molecule has 2 aliphatic rings. The van der Waals surface area contributed by atoms with Crippen molar-refractivity contribution in [2.24, 2.45) is 4.99 Å². The first-order valence-electron chi connectivity index (χ1n) is 11.7. The molecule has 2 N–H and O–H groups in total. The lowest BCUT2D eigenvalue weighted by molar-refractivity contribution is 0.253. The highest BCUT2D eigenvalue weighted by molar-refractivity contribution is 5.93. The van der Waals surface area contributed by atoms with Crippen molar-refractivity contribution in [3.63, 3.8) is 0 Å². The number of guanidine groups is 1. The molecule has 0 bridgehead atoms. The van der Waals surface area contributed by atoms with Gasteiger partial charge < -0.3 is 25.0 Å². The number of hydrogen-bond donors (Lipinski definition) is 2. The van der Waals surface area contributed by atoms with Gasteiger partial charge in [-0.1, -0.05) is 18.2 Å². The second-order valence-electron chi connectivity index (χ2n) is 8.21. The number of piperazine rings is 1. The number of para-hydroxylation sites is 1. The quantitative estimate of drug-likeness (QED) is 0.393. The first-order valence-corrected chi connectivity index (χ1v) is 11.7. The fourth-order valence-corrected chi connectivity index (χ4v) is 4.09. The van der Waals surface area contributed by atoms with Crippen LogP contribution in [0.5, 0.6) is 11.5 Å². The molecule has 0 saturated carbocycles. The fourth-order valence-electron chi connectivity index (χ4n) is 4.09. The van der Waals surface area contributed by atoms with E-state index in [-0.39, 0.29) is 0 Å². The summed E-state index contributed by atoms with van der Waals surface area (Å²) in [7, 11) is 1.80. The van der Waals surface area contributed by atoms with Gasteiger partial charge in [0.05, 0.1) is 13.2 Å². The van der Waals surface area contributed by atoms with Gasteiger partial charge in [0.1, 0.15) is 0 Å². The fraction of sp³-hybridized carbons (Fsp3) is 0.480. The summed E-state index contributed by atoms with van der Waals surface area (Å²) in [6.07, 6.45) is 3.20. The number of unbranched alkanes of at least 4 members (excludes halogenated alkanes) is 1. The van der Waals surface area contributed by atoms with Crippen LogP contribution in [0.25, 0.3) is 0 Å². The minimum absolute atomic E-state index is 0.685. The summed E-state index contributed by atoms with van der Waals surface area (Å²) in [6.45, 7) is 7.91. The maximum atomic E-state index is 5.77. The maximum Gasteiger partial charge on any atom is 0.195 e. The highest BCUT2D eigenvalue weighted by Gasteiger charge is 2.16. The highest BCUT2D eigenvalue weighted by atomic mass is 16.5. The number of nitrogens with zero attached hydrogens (tertiary/aromatic N) is 3. The number of aliphatic imine (C=N–C) groups is 1. The molecule has 2 aromatic carbocycles. The van der Waals surface area contributed by atoms with E-state index in [0.717, 1.165) is 75.3 Å². The lowest BCUT2D eigenvalue weighted by Gasteiger charge is -2.36. The second kappa shape index (κ2) is 11.6. The van der Waals surface area contributed by atoms with Crippen LogP contribution in [-0.4, -0.2) is 70.4 Å². The Balaban J connectivity index is 1.13. The minimum atomic E-state index is 0.685. The van der Waals surface area contributed by atoms with Gasteiger partial charge in [0.2, 0.25) is 0 Å². The van der Waals surface area contributed by atoms with Crippen molar-refractivity contribution >= 4 is 17.3 Å². The summed E-state index contributed by atoms with van der Waals surface area (Å²) in [5.74, 6) is 2.37. The van der Waals surface area contributed by atoms with E-state index in [0.29, 0.717) is 13.2 Å². The third kappa shape index (κ3) is 6.29. The minimum Gasteiger partial charge on any atom is -0.490 e. The van der Waals surface area contributed by atoms with E-state index >= 15 is 0 Å². The van der Waals surface area contributed by atoms with Gasteiger partial charge >= 0.3 is 0 Å². The number of ether oxygens (including phenoxy) is 2. The van der Waals surface area contributed by atoms with Gasteiger partial charge in [-0.25, -0.2) is 0 Å². The van der Waals surface area contributed by atoms with Gasteiger partial charge in [0.15, 0.2) is 17.5 Å². The van der Waals surface area contributed by atoms with Gasteiger partial charge in [0.25, 0.3) is 0 Å². The summed E-state index contributed by atoms with van der Waals surface area (Å²) in [4.78, 5) is 9.40. The van der Waals surface area contributed by atoms with Gasteiger partial charge in [-0.05, 0) is 43.7 Å². The molecule has 7 heteroatoms. The SMILES string of the molecule is CN=C(NCCCCN1CCN(c2ccccc2)CC1)Nc1ccc2c(c1)OCCCO2. The Hall–Kier alpha value is -2.93. The summed E-state index contributed by atoms with van der Waals surface area (Å²) in [6, 6.07) is 16.6. The van der Waals surface area contributed by atoms with E-state index in [4.69, 9.17) is 9.47 Å². The molecule has 0 aromatic heterocycles. The smallest absolute Gasteiger partial charge is 0.195 e. The number of rotatable bonds is 7. The monoisotopic (exact) mass is 437 g/mol. The van der Waals surface area contributed by atoms with Crippen LogP contribution >= 0.6 is 0 Å². The Bertz CT molecular complexity index is 866. The van der Waals surface area contributed by atoms with Gasteiger partial charge in [-0.2, -0.15) is 0 Å². The Morgan fingerprint density at radius 1 is 0.938 bits per heavy atom. The van der Waals surface area contributed by atoms with Crippen molar-refractivity contribution in [1.82, 2.24) is 10.2 Å². The Kier molecular flexibility index (Phi) is 8.09. The normalized spacial score (nSPS) is 17.0. The first kappa shape index (κ1) is 22.3. The van der Waals surface area contributed by atoms with Crippen molar-refractivity contribution in [1.29, 1.82) is 0 Å². The zero-order valence-electron chi connectivity index (χ0n) is 19.1. The van der Waals surface area contributed by atoms with E-state index in [1.54, 1.807) is 7.05 Å². The molecule has 7 nitrogen and oxygen atoms in total. The van der Waals surface area contributed by atoms with Crippen LogP contribution in [0.1, 0.15) is 19.3 Å². The number of anilines is 2.